The van der Waals surface area contributed by atoms with Crippen molar-refractivity contribution in [3.8, 4) is 0 Å². The molecule has 0 bridgehead atoms. The maximum absolute atomic E-state index is 13.4. The van der Waals surface area contributed by atoms with Gasteiger partial charge < -0.3 is 9.42 Å². The van der Waals surface area contributed by atoms with Crippen LogP contribution in [0.4, 0.5) is 4.39 Å². The molecule has 2 aromatic rings. The second kappa shape index (κ2) is 5.81. The number of hydrogen-bond donors (Lipinski definition) is 0. The molecule has 0 fully saturated rings. The molecule has 0 saturated carbocycles. The van der Waals surface area contributed by atoms with Gasteiger partial charge >= 0.3 is 0 Å². The Bertz CT molecular complexity index is 658. The second-order valence-electron chi connectivity index (χ2n) is 4.34. The van der Waals surface area contributed by atoms with E-state index in [1.165, 1.54) is 11.0 Å². The molecule has 1 aromatic carbocycles. The van der Waals surface area contributed by atoms with E-state index in [2.05, 4.69) is 5.16 Å². The summed E-state index contributed by atoms with van der Waals surface area (Å²) in [4.78, 5) is 13.6. The fraction of sp³-hybridized carbons (Fsp3) is 0.231. The van der Waals surface area contributed by atoms with Crippen molar-refractivity contribution >= 4 is 29.1 Å². The standard InChI is InChI=1S/C13H11Cl2FN2O2/c1-7-3-8(17-20-7)6-18(2)13(19)9-4-12(16)11(15)5-10(9)14/h3-5H,6H2,1-2H3. The zero-order valence-corrected chi connectivity index (χ0v) is 12.3. The number of aromatic nitrogens is 1. The number of carbonyl (C=O) groups excluding carboxylic acids is 1. The Labute approximate surface area is 125 Å². The smallest absolute Gasteiger partial charge is 0.255 e. The number of carbonyl (C=O) groups is 1. The summed E-state index contributed by atoms with van der Waals surface area (Å²) in [5, 5.41) is 3.77. The van der Waals surface area contributed by atoms with Crippen molar-refractivity contribution in [1.82, 2.24) is 10.1 Å². The molecule has 1 aromatic heterocycles. The van der Waals surface area contributed by atoms with Crippen LogP contribution in [0.5, 0.6) is 0 Å². The van der Waals surface area contributed by atoms with Crippen molar-refractivity contribution in [2.75, 3.05) is 7.05 Å². The molecule has 0 spiro atoms. The number of nitrogens with zero attached hydrogens (tertiary/aromatic N) is 2. The number of benzene rings is 1. The van der Waals surface area contributed by atoms with Crippen LogP contribution in [0.2, 0.25) is 10.0 Å². The molecule has 106 valence electrons. The minimum absolute atomic E-state index is 0.0521. The SMILES string of the molecule is Cc1cc(CN(C)C(=O)c2cc(F)c(Cl)cc2Cl)no1. The molecule has 0 aliphatic heterocycles. The quantitative estimate of drug-likeness (QED) is 0.811. The van der Waals surface area contributed by atoms with Crippen LogP contribution in [0.3, 0.4) is 0 Å². The Balaban J connectivity index is 2.20. The molecule has 0 atom stereocenters. The summed E-state index contributed by atoms with van der Waals surface area (Å²) in [5.74, 6) is -0.465. The van der Waals surface area contributed by atoms with Crippen molar-refractivity contribution in [1.29, 1.82) is 0 Å². The molecule has 2 rings (SSSR count). The Morgan fingerprint density at radius 3 is 2.65 bits per heavy atom. The van der Waals surface area contributed by atoms with Gasteiger partial charge in [0.15, 0.2) is 0 Å². The normalized spacial score (nSPS) is 10.7. The highest BCUT2D eigenvalue weighted by molar-refractivity contribution is 6.36. The van der Waals surface area contributed by atoms with Gasteiger partial charge in [0.05, 0.1) is 22.2 Å². The van der Waals surface area contributed by atoms with E-state index in [4.69, 9.17) is 27.7 Å². The van der Waals surface area contributed by atoms with Gasteiger partial charge in [0.25, 0.3) is 5.91 Å². The zero-order chi connectivity index (χ0) is 14.9. The van der Waals surface area contributed by atoms with Crippen LogP contribution in [0.15, 0.2) is 22.7 Å². The van der Waals surface area contributed by atoms with Crippen LogP contribution >= 0.6 is 23.2 Å². The van der Waals surface area contributed by atoms with E-state index in [1.807, 2.05) is 0 Å². The monoisotopic (exact) mass is 316 g/mol. The summed E-state index contributed by atoms with van der Waals surface area (Å²) in [6, 6.07) is 3.95. The zero-order valence-electron chi connectivity index (χ0n) is 10.8. The third-order valence-electron chi connectivity index (χ3n) is 2.66. The maximum atomic E-state index is 13.4. The van der Waals surface area contributed by atoms with Gasteiger partial charge in [-0.3, -0.25) is 4.79 Å². The van der Waals surface area contributed by atoms with Crippen LogP contribution in [0.1, 0.15) is 21.8 Å². The number of hydrogen-bond acceptors (Lipinski definition) is 3. The minimum Gasteiger partial charge on any atom is -0.361 e. The van der Waals surface area contributed by atoms with Crippen LogP contribution in [0.25, 0.3) is 0 Å². The molecule has 4 nitrogen and oxygen atoms in total. The first-order chi connectivity index (χ1) is 9.38. The summed E-state index contributed by atoms with van der Waals surface area (Å²) in [5.41, 5.74) is 0.653. The van der Waals surface area contributed by atoms with Gasteiger partial charge in [-0.2, -0.15) is 0 Å². The average molecular weight is 317 g/mol. The van der Waals surface area contributed by atoms with E-state index >= 15 is 0 Å². The molecule has 0 N–H and O–H groups in total. The Morgan fingerprint density at radius 1 is 1.35 bits per heavy atom. The molecule has 7 heteroatoms. The predicted molar refractivity (Wildman–Crippen MR) is 73.5 cm³/mol. The molecular formula is C13H11Cl2FN2O2. The molecule has 0 saturated heterocycles. The van der Waals surface area contributed by atoms with Crippen LogP contribution < -0.4 is 0 Å². The third kappa shape index (κ3) is 3.11. The Hall–Kier alpha value is -1.59. The van der Waals surface area contributed by atoms with Gasteiger partial charge in [0, 0.05) is 13.1 Å². The summed E-state index contributed by atoms with van der Waals surface area (Å²) in [6.07, 6.45) is 0. The Morgan fingerprint density at radius 2 is 2.05 bits per heavy atom. The molecule has 0 radical (unpaired) electrons. The molecule has 0 aliphatic carbocycles. The van der Waals surface area contributed by atoms with Gasteiger partial charge in [-0.15, -0.1) is 0 Å². The summed E-state index contributed by atoms with van der Waals surface area (Å²) >= 11 is 11.5. The van der Waals surface area contributed by atoms with E-state index in [0.717, 1.165) is 6.07 Å². The number of amides is 1. The fourth-order valence-electron chi connectivity index (χ4n) is 1.70. The first kappa shape index (κ1) is 14.8. The number of aryl methyl sites for hydroxylation is 1. The third-order valence-corrected chi connectivity index (χ3v) is 3.27. The maximum Gasteiger partial charge on any atom is 0.255 e. The average Bonchev–Trinajstić information content (AvgIpc) is 2.78. The van der Waals surface area contributed by atoms with Gasteiger partial charge in [0.2, 0.25) is 0 Å². The van der Waals surface area contributed by atoms with Crippen molar-refractivity contribution in [3.63, 3.8) is 0 Å². The van der Waals surface area contributed by atoms with Crippen LogP contribution in [-0.4, -0.2) is 23.0 Å². The van der Waals surface area contributed by atoms with Crippen LogP contribution in [0, 0.1) is 12.7 Å². The van der Waals surface area contributed by atoms with E-state index in [1.54, 1.807) is 20.0 Å². The molecule has 0 unspecified atom stereocenters. The minimum atomic E-state index is -0.690. The van der Waals surface area contributed by atoms with Gasteiger partial charge in [0.1, 0.15) is 17.3 Å². The number of rotatable bonds is 3. The summed E-state index contributed by atoms with van der Waals surface area (Å²) < 4.78 is 18.3. The van der Waals surface area contributed by atoms with Crippen molar-refractivity contribution in [2.45, 2.75) is 13.5 Å². The summed E-state index contributed by atoms with van der Waals surface area (Å²) in [6.45, 7) is 1.99. The molecule has 1 heterocycles. The lowest BCUT2D eigenvalue weighted by Gasteiger charge is -2.16. The molecule has 1 amide bonds. The molecular weight excluding hydrogens is 306 g/mol. The lowest BCUT2D eigenvalue weighted by atomic mass is 10.2. The van der Waals surface area contributed by atoms with Gasteiger partial charge in [-0.25, -0.2) is 4.39 Å². The highest BCUT2D eigenvalue weighted by Crippen LogP contribution is 2.25. The van der Waals surface area contributed by atoms with E-state index in [9.17, 15) is 9.18 Å². The predicted octanol–water partition coefficient (Wildman–Crippen LogP) is 3.70. The van der Waals surface area contributed by atoms with E-state index < -0.39 is 11.7 Å². The fourth-order valence-corrected chi connectivity index (χ4v) is 2.16. The first-order valence-electron chi connectivity index (χ1n) is 5.70. The largest absolute Gasteiger partial charge is 0.361 e. The lowest BCUT2D eigenvalue weighted by Crippen LogP contribution is -2.26. The van der Waals surface area contributed by atoms with Crippen molar-refractivity contribution < 1.29 is 13.7 Å². The second-order valence-corrected chi connectivity index (χ2v) is 5.15. The Kier molecular flexibility index (Phi) is 4.30. The lowest BCUT2D eigenvalue weighted by molar-refractivity contribution is 0.0782. The first-order valence-corrected chi connectivity index (χ1v) is 6.46. The van der Waals surface area contributed by atoms with Crippen molar-refractivity contribution in [2.24, 2.45) is 0 Å². The highest BCUT2D eigenvalue weighted by Gasteiger charge is 2.19. The van der Waals surface area contributed by atoms with E-state index in [0.29, 0.717) is 11.5 Å². The molecule has 20 heavy (non-hydrogen) atoms. The topological polar surface area (TPSA) is 46.3 Å². The highest BCUT2D eigenvalue weighted by atomic mass is 35.5. The molecule has 0 aliphatic rings. The summed E-state index contributed by atoms with van der Waals surface area (Å²) in [7, 11) is 1.56. The number of halogens is 3. The van der Waals surface area contributed by atoms with Crippen LogP contribution in [-0.2, 0) is 6.54 Å². The van der Waals surface area contributed by atoms with Gasteiger partial charge in [-0.1, -0.05) is 28.4 Å². The van der Waals surface area contributed by atoms with E-state index in [-0.39, 0.29) is 22.2 Å². The van der Waals surface area contributed by atoms with Crippen molar-refractivity contribution in [3.05, 3.63) is 51.1 Å². The van der Waals surface area contributed by atoms with Gasteiger partial charge in [-0.05, 0) is 19.1 Å².